The van der Waals surface area contributed by atoms with E-state index in [1.807, 2.05) is 0 Å². The van der Waals surface area contributed by atoms with Gasteiger partial charge in [0.25, 0.3) is 0 Å². The van der Waals surface area contributed by atoms with Crippen molar-refractivity contribution in [1.29, 1.82) is 0 Å². The molecule has 0 aromatic rings. The van der Waals surface area contributed by atoms with Crippen LogP contribution >= 0.6 is 0 Å². The van der Waals surface area contributed by atoms with E-state index in [2.05, 4.69) is 19.0 Å². The largest absolute Gasteiger partial charge is 0.381 e. The van der Waals surface area contributed by atoms with Gasteiger partial charge in [-0.1, -0.05) is 25.7 Å². The number of hydrogen-bond acceptors (Lipinski definition) is 3. The molecule has 0 bridgehead atoms. The SMILES string of the molecule is CN(C)C1(C(=O)C2CCCOC2)CCCCCC1. The number of ether oxygens (including phenoxy) is 1. The van der Waals surface area contributed by atoms with E-state index in [9.17, 15) is 4.79 Å². The average Bonchev–Trinajstić information content (AvgIpc) is 2.65. The van der Waals surface area contributed by atoms with Crippen molar-refractivity contribution in [3.63, 3.8) is 0 Å². The highest BCUT2D eigenvalue weighted by Crippen LogP contribution is 2.35. The lowest BCUT2D eigenvalue weighted by Crippen LogP contribution is -2.54. The van der Waals surface area contributed by atoms with E-state index in [0.29, 0.717) is 12.4 Å². The van der Waals surface area contributed by atoms with Gasteiger partial charge in [-0.25, -0.2) is 0 Å². The van der Waals surface area contributed by atoms with Gasteiger partial charge in [0, 0.05) is 12.5 Å². The Morgan fingerprint density at radius 2 is 1.78 bits per heavy atom. The fourth-order valence-electron chi connectivity index (χ4n) is 3.55. The van der Waals surface area contributed by atoms with Gasteiger partial charge in [0.15, 0.2) is 5.78 Å². The van der Waals surface area contributed by atoms with Gasteiger partial charge in [0.05, 0.1) is 12.1 Å². The number of nitrogens with zero attached hydrogens (tertiary/aromatic N) is 1. The van der Waals surface area contributed by atoms with Crippen LogP contribution in [0.5, 0.6) is 0 Å². The molecule has 1 aliphatic heterocycles. The van der Waals surface area contributed by atoms with Gasteiger partial charge in [-0.15, -0.1) is 0 Å². The highest BCUT2D eigenvalue weighted by molar-refractivity contribution is 5.90. The molecule has 1 heterocycles. The fraction of sp³-hybridized carbons (Fsp3) is 0.933. The number of hydrogen-bond donors (Lipinski definition) is 0. The predicted octanol–water partition coefficient (Wildman–Crippen LogP) is 2.64. The third-order valence-electron chi connectivity index (χ3n) is 4.78. The monoisotopic (exact) mass is 253 g/mol. The van der Waals surface area contributed by atoms with Crippen LogP contribution in [0, 0.1) is 5.92 Å². The summed E-state index contributed by atoms with van der Waals surface area (Å²) in [6.45, 7) is 1.48. The number of carbonyl (C=O) groups is 1. The summed E-state index contributed by atoms with van der Waals surface area (Å²) in [5.41, 5.74) is -0.206. The van der Waals surface area contributed by atoms with Gasteiger partial charge < -0.3 is 4.74 Å². The molecular weight excluding hydrogens is 226 g/mol. The van der Waals surface area contributed by atoms with Gasteiger partial charge >= 0.3 is 0 Å². The minimum absolute atomic E-state index is 0.138. The minimum Gasteiger partial charge on any atom is -0.381 e. The van der Waals surface area contributed by atoms with E-state index in [0.717, 1.165) is 32.3 Å². The molecule has 3 nitrogen and oxygen atoms in total. The zero-order valence-corrected chi connectivity index (χ0v) is 11.9. The van der Waals surface area contributed by atoms with Crippen LogP contribution in [0.1, 0.15) is 51.4 Å². The van der Waals surface area contributed by atoms with Gasteiger partial charge in [0.1, 0.15) is 0 Å². The van der Waals surface area contributed by atoms with Crippen LogP contribution in [0.4, 0.5) is 0 Å². The van der Waals surface area contributed by atoms with Crippen LogP contribution in [0.2, 0.25) is 0 Å². The molecule has 0 aromatic heterocycles. The highest BCUT2D eigenvalue weighted by Gasteiger charge is 2.43. The molecule has 2 fully saturated rings. The summed E-state index contributed by atoms with van der Waals surface area (Å²) in [5, 5.41) is 0. The van der Waals surface area contributed by atoms with Gasteiger partial charge in [-0.3, -0.25) is 9.69 Å². The smallest absolute Gasteiger partial charge is 0.158 e. The van der Waals surface area contributed by atoms with Crippen molar-refractivity contribution in [3.8, 4) is 0 Å². The maximum Gasteiger partial charge on any atom is 0.158 e. The number of Topliss-reactive ketones (excluding diaryl/α,β-unsaturated/α-hetero) is 1. The zero-order valence-electron chi connectivity index (χ0n) is 11.9. The van der Waals surface area contributed by atoms with Crippen LogP contribution in [-0.4, -0.2) is 43.5 Å². The maximum atomic E-state index is 12.9. The molecule has 1 saturated heterocycles. The van der Waals surface area contributed by atoms with Gasteiger partial charge in [-0.05, 0) is 39.8 Å². The van der Waals surface area contributed by atoms with Gasteiger partial charge in [-0.2, -0.15) is 0 Å². The van der Waals surface area contributed by atoms with E-state index < -0.39 is 0 Å². The second-order valence-electron chi connectivity index (χ2n) is 6.12. The lowest BCUT2D eigenvalue weighted by molar-refractivity contribution is -0.139. The normalized spacial score (nSPS) is 28.9. The fourth-order valence-corrected chi connectivity index (χ4v) is 3.55. The molecular formula is C15H27NO2. The van der Waals surface area contributed by atoms with Crippen LogP contribution in [0.15, 0.2) is 0 Å². The molecule has 0 aromatic carbocycles. The molecule has 18 heavy (non-hydrogen) atoms. The molecule has 0 radical (unpaired) electrons. The van der Waals surface area contributed by atoms with Crippen molar-refractivity contribution in [3.05, 3.63) is 0 Å². The molecule has 1 saturated carbocycles. The number of rotatable bonds is 3. The molecule has 104 valence electrons. The van der Waals surface area contributed by atoms with Crippen molar-refractivity contribution in [1.82, 2.24) is 4.90 Å². The highest BCUT2D eigenvalue weighted by atomic mass is 16.5. The molecule has 0 N–H and O–H groups in total. The number of likely N-dealkylation sites (N-methyl/N-ethyl adjacent to an activating group) is 1. The van der Waals surface area contributed by atoms with Crippen LogP contribution in [0.3, 0.4) is 0 Å². The van der Waals surface area contributed by atoms with Crippen molar-refractivity contribution >= 4 is 5.78 Å². The Hall–Kier alpha value is -0.410. The summed E-state index contributed by atoms with van der Waals surface area (Å²) in [5.74, 6) is 0.591. The van der Waals surface area contributed by atoms with E-state index >= 15 is 0 Å². The molecule has 1 atom stereocenters. The Kier molecular flexibility index (Phi) is 4.79. The van der Waals surface area contributed by atoms with E-state index in [-0.39, 0.29) is 11.5 Å². The van der Waals surface area contributed by atoms with E-state index in [1.165, 1.54) is 25.7 Å². The van der Waals surface area contributed by atoms with Crippen LogP contribution < -0.4 is 0 Å². The minimum atomic E-state index is -0.206. The third kappa shape index (κ3) is 2.77. The summed E-state index contributed by atoms with van der Waals surface area (Å²) in [6, 6.07) is 0. The first kappa shape index (κ1) is 14.0. The molecule has 3 heteroatoms. The standard InChI is InChI=1S/C15H27NO2/c1-16(2)15(9-5-3-4-6-10-15)14(17)13-8-7-11-18-12-13/h13H,3-12H2,1-2H3. The summed E-state index contributed by atoms with van der Waals surface area (Å²) in [4.78, 5) is 15.1. The first-order valence-corrected chi connectivity index (χ1v) is 7.46. The summed E-state index contributed by atoms with van der Waals surface area (Å²) in [6.07, 6.45) is 9.09. The lowest BCUT2D eigenvalue weighted by atomic mass is 9.77. The second kappa shape index (κ2) is 6.16. The maximum absolute atomic E-state index is 12.9. The number of carbonyl (C=O) groups excluding carboxylic acids is 1. The quantitative estimate of drug-likeness (QED) is 0.724. The molecule has 2 rings (SSSR count). The van der Waals surface area contributed by atoms with Crippen molar-refractivity contribution in [2.24, 2.45) is 5.92 Å². The molecule has 0 spiro atoms. The van der Waals surface area contributed by atoms with E-state index in [1.54, 1.807) is 0 Å². The first-order chi connectivity index (χ1) is 8.67. The zero-order chi connectivity index (χ0) is 13.0. The van der Waals surface area contributed by atoms with Crippen LogP contribution in [-0.2, 0) is 9.53 Å². The Labute approximate surface area is 111 Å². The van der Waals surface area contributed by atoms with Crippen LogP contribution in [0.25, 0.3) is 0 Å². The van der Waals surface area contributed by atoms with Crippen molar-refractivity contribution in [2.75, 3.05) is 27.3 Å². The topological polar surface area (TPSA) is 29.5 Å². The Balaban J connectivity index is 2.14. The average molecular weight is 253 g/mol. The van der Waals surface area contributed by atoms with Crippen molar-refractivity contribution in [2.45, 2.75) is 56.9 Å². The van der Waals surface area contributed by atoms with E-state index in [4.69, 9.17) is 4.74 Å². The molecule has 1 aliphatic carbocycles. The Morgan fingerprint density at radius 3 is 2.28 bits per heavy atom. The summed E-state index contributed by atoms with van der Waals surface area (Å²) < 4.78 is 5.51. The first-order valence-electron chi connectivity index (χ1n) is 7.46. The summed E-state index contributed by atoms with van der Waals surface area (Å²) >= 11 is 0. The lowest BCUT2D eigenvalue weighted by Gasteiger charge is -2.41. The molecule has 1 unspecified atom stereocenters. The van der Waals surface area contributed by atoms with Gasteiger partial charge in [0.2, 0.25) is 0 Å². The Bertz CT molecular complexity index is 274. The molecule has 0 amide bonds. The summed E-state index contributed by atoms with van der Waals surface area (Å²) in [7, 11) is 4.15. The Morgan fingerprint density at radius 1 is 1.11 bits per heavy atom. The predicted molar refractivity (Wildman–Crippen MR) is 72.7 cm³/mol. The second-order valence-corrected chi connectivity index (χ2v) is 6.12. The third-order valence-corrected chi connectivity index (χ3v) is 4.78. The number of ketones is 1. The van der Waals surface area contributed by atoms with Crippen molar-refractivity contribution < 1.29 is 9.53 Å². The molecule has 2 aliphatic rings.